The summed E-state index contributed by atoms with van der Waals surface area (Å²) in [5.74, 6) is -6.59. The number of hydrogen-bond acceptors (Lipinski definition) is 5. The summed E-state index contributed by atoms with van der Waals surface area (Å²) >= 11 is 0. The highest BCUT2D eigenvalue weighted by Crippen LogP contribution is 2.48. The molecule has 0 aromatic carbocycles. The van der Waals surface area contributed by atoms with Crippen molar-refractivity contribution in [1.82, 2.24) is 4.90 Å². The van der Waals surface area contributed by atoms with Crippen LogP contribution in [0.15, 0.2) is 0 Å². The Balaban J connectivity index is 0.000000594. The van der Waals surface area contributed by atoms with Crippen molar-refractivity contribution >= 4 is 16.0 Å². The molecule has 1 atom stereocenters. The van der Waals surface area contributed by atoms with Crippen LogP contribution in [-0.2, 0) is 19.6 Å². The first kappa shape index (κ1) is 29.8. The van der Waals surface area contributed by atoms with Gasteiger partial charge in [0.1, 0.15) is 6.54 Å². The second kappa shape index (κ2) is 10.6. The molecule has 15 heteroatoms. The summed E-state index contributed by atoms with van der Waals surface area (Å²) in [5.41, 5.74) is 0. The lowest BCUT2D eigenvalue weighted by Gasteiger charge is -2.32. The Morgan fingerprint density at radius 3 is 1.97 bits per heavy atom. The summed E-state index contributed by atoms with van der Waals surface area (Å²) in [4.78, 5) is 13.7. The minimum atomic E-state index is -7.10. The zero-order valence-electron chi connectivity index (χ0n) is 17.5. The molecule has 1 unspecified atom stereocenters. The number of likely N-dealkylation sites (tertiary alicyclic amines) is 1. The molecule has 0 radical (unpaired) electrons. The van der Waals surface area contributed by atoms with Gasteiger partial charge in [0.15, 0.2) is 10.1 Å². The van der Waals surface area contributed by atoms with Gasteiger partial charge in [-0.1, -0.05) is 0 Å². The standard InChI is InChI=1S/C13H27N2O2.C3HF7O3S/c1-5-17-11-10-15(3,4)9-8-14-12(2)6-7-13(14)16;4-1(5,2(6,7)8)3(9,10)14(11,12)13/h12H,5-11H2,1-4H3;(H,11,12,13)/q+1;/p-1. The fourth-order valence-electron chi connectivity index (χ4n) is 2.49. The van der Waals surface area contributed by atoms with E-state index in [-0.39, 0.29) is 0 Å². The lowest BCUT2D eigenvalue weighted by molar-refractivity contribution is -0.890. The number of carbonyl (C=O) groups is 1. The van der Waals surface area contributed by atoms with Crippen LogP contribution >= 0.6 is 0 Å². The topological polar surface area (TPSA) is 86.7 Å². The van der Waals surface area contributed by atoms with Gasteiger partial charge in [0.25, 0.3) is 0 Å². The van der Waals surface area contributed by atoms with Gasteiger partial charge in [-0.3, -0.25) is 4.79 Å². The number of rotatable bonds is 9. The van der Waals surface area contributed by atoms with Crippen molar-refractivity contribution in [2.75, 3.05) is 46.9 Å². The van der Waals surface area contributed by atoms with E-state index >= 15 is 0 Å². The second-order valence-electron chi connectivity index (χ2n) is 7.60. The van der Waals surface area contributed by atoms with Gasteiger partial charge in [-0.15, -0.1) is 0 Å². The van der Waals surface area contributed by atoms with Crippen molar-refractivity contribution in [1.29, 1.82) is 0 Å². The number of quaternary nitrogens is 1. The first-order valence-electron chi connectivity index (χ1n) is 9.18. The van der Waals surface area contributed by atoms with Crippen LogP contribution in [0, 0.1) is 0 Å². The van der Waals surface area contributed by atoms with Gasteiger partial charge in [0.05, 0.1) is 33.8 Å². The molecule has 31 heavy (non-hydrogen) atoms. The third kappa shape index (κ3) is 8.02. The van der Waals surface area contributed by atoms with Gasteiger partial charge in [0, 0.05) is 19.1 Å². The normalized spacial score (nSPS) is 18.8. The number of amides is 1. The zero-order chi connectivity index (χ0) is 24.9. The molecule has 0 saturated carbocycles. The van der Waals surface area contributed by atoms with Crippen molar-refractivity contribution in [3.05, 3.63) is 0 Å². The Labute approximate surface area is 176 Å². The molecule has 1 aliphatic heterocycles. The number of halogens is 7. The highest BCUT2D eigenvalue weighted by Gasteiger charge is 2.76. The van der Waals surface area contributed by atoms with E-state index < -0.39 is 27.5 Å². The van der Waals surface area contributed by atoms with Gasteiger partial charge in [0.2, 0.25) is 5.91 Å². The zero-order valence-corrected chi connectivity index (χ0v) is 18.3. The molecule has 1 amide bonds. The molecule has 1 aliphatic rings. The quantitative estimate of drug-likeness (QED) is 0.214. The Morgan fingerprint density at radius 1 is 1.13 bits per heavy atom. The monoisotopic (exact) mass is 492 g/mol. The molecule has 1 saturated heterocycles. The maximum Gasteiger partial charge on any atom is 0.461 e. The fraction of sp³-hybridized carbons (Fsp3) is 0.938. The Kier molecular flexibility index (Phi) is 10.2. The van der Waals surface area contributed by atoms with E-state index in [0.717, 1.165) is 50.2 Å². The van der Waals surface area contributed by atoms with Crippen LogP contribution in [0.2, 0.25) is 0 Å². The summed E-state index contributed by atoms with van der Waals surface area (Å²) < 4.78 is 116. The fourth-order valence-corrected chi connectivity index (χ4v) is 2.92. The number of alkyl halides is 7. The minimum Gasteiger partial charge on any atom is -0.743 e. The second-order valence-corrected chi connectivity index (χ2v) is 9.02. The van der Waals surface area contributed by atoms with E-state index in [1.54, 1.807) is 0 Å². The van der Waals surface area contributed by atoms with Gasteiger partial charge >= 0.3 is 17.4 Å². The minimum absolute atomic E-state index is 0.322. The molecule has 7 nitrogen and oxygen atoms in total. The maximum atomic E-state index is 11.8. The predicted octanol–water partition coefficient (Wildman–Crippen LogP) is 2.43. The van der Waals surface area contributed by atoms with Gasteiger partial charge in [-0.25, -0.2) is 8.42 Å². The Morgan fingerprint density at radius 2 is 1.65 bits per heavy atom. The average molecular weight is 492 g/mol. The summed E-state index contributed by atoms with van der Waals surface area (Å²) in [6.45, 7) is 8.62. The summed E-state index contributed by atoms with van der Waals surface area (Å²) in [6, 6.07) is 0.425. The van der Waals surface area contributed by atoms with Crippen LogP contribution in [0.4, 0.5) is 30.7 Å². The summed E-state index contributed by atoms with van der Waals surface area (Å²) in [5, 5.41) is -6.72. The Bertz CT molecular complexity index is 699. The molecule has 0 aliphatic carbocycles. The van der Waals surface area contributed by atoms with Crippen LogP contribution in [-0.4, -0.2) is 98.6 Å². The molecule has 0 aromatic rings. The van der Waals surface area contributed by atoms with Crippen LogP contribution < -0.4 is 0 Å². The van der Waals surface area contributed by atoms with E-state index in [2.05, 4.69) is 21.0 Å². The number of nitrogens with zero attached hydrogens (tertiary/aromatic N) is 2. The molecular weight excluding hydrogens is 465 g/mol. The van der Waals surface area contributed by atoms with E-state index in [1.165, 1.54) is 0 Å². The van der Waals surface area contributed by atoms with E-state index in [0.29, 0.717) is 11.9 Å². The molecule has 0 spiro atoms. The number of hydrogen-bond donors (Lipinski definition) is 0. The van der Waals surface area contributed by atoms with Gasteiger partial charge in [-0.05, 0) is 20.3 Å². The van der Waals surface area contributed by atoms with Crippen LogP contribution in [0.25, 0.3) is 0 Å². The number of carbonyl (C=O) groups excluding carboxylic acids is 1. The molecule has 1 rings (SSSR count). The molecule has 0 N–H and O–H groups in total. The largest absolute Gasteiger partial charge is 0.743 e. The molecule has 0 bridgehead atoms. The summed E-state index contributed by atoms with van der Waals surface area (Å²) in [6.07, 6.45) is -5.08. The van der Waals surface area contributed by atoms with E-state index in [4.69, 9.17) is 4.74 Å². The highest BCUT2D eigenvalue weighted by atomic mass is 32.2. The van der Waals surface area contributed by atoms with Crippen molar-refractivity contribution in [3.8, 4) is 0 Å². The van der Waals surface area contributed by atoms with Gasteiger partial charge in [-0.2, -0.15) is 30.7 Å². The van der Waals surface area contributed by atoms with Crippen molar-refractivity contribution < 1.29 is 57.7 Å². The van der Waals surface area contributed by atoms with Crippen LogP contribution in [0.3, 0.4) is 0 Å². The van der Waals surface area contributed by atoms with Gasteiger partial charge < -0.3 is 18.7 Å². The molecule has 186 valence electrons. The third-order valence-electron chi connectivity index (χ3n) is 4.66. The predicted molar refractivity (Wildman–Crippen MR) is 94.4 cm³/mol. The Hall–Kier alpha value is -1.19. The average Bonchev–Trinajstić information content (AvgIpc) is 2.90. The maximum absolute atomic E-state index is 11.8. The first-order valence-corrected chi connectivity index (χ1v) is 10.6. The summed E-state index contributed by atoms with van der Waals surface area (Å²) in [7, 11) is -2.70. The molecular formula is C16H27F7N2O5S. The van der Waals surface area contributed by atoms with E-state index in [1.807, 2.05) is 11.8 Å². The van der Waals surface area contributed by atoms with Crippen LogP contribution in [0.1, 0.15) is 26.7 Å². The van der Waals surface area contributed by atoms with E-state index in [9.17, 15) is 48.5 Å². The SMILES string of the molecule is CCOCC[N+](C)(C)CCN1C(=O)CCC1C.O=S(=O)([O-])C(F)(F)C(F)(F)C(F)(F)F. The smallest absolute Gasteiger partial charge is 0.461 e. The number of likely N-dealkylation sites (N-methyl/N-ethyl adjacent to an activating group) is 1. The lowest BCUT2D eigenvalue weighted by atomic mass is 10.2. The molecule has 1 fully saturated rings. The molecule has 1 heterocycles. The van der Waals surface area contributed by atoms with Crippen molar-refractivity contribution in [2.45, 2.75) is 50.1 Å². The van der Waals surface area contributed by atoms with Crippen molar-refractivity contribution in [2.24, 2.45) is 0 Å². The van der Waals surface area contributed by atoms with Crippen molar-refractivity contribution in [3.63, 3.8) is 0 Å². The van der Waals surface area contributed by atoms with Crippen LogP contribution in [0.5, 0.6) is 0 Å². The first-order chi connectivity index (χ1) is 13.7. The number of ether oxygens (including phenoxy) is 1. The highest BCUT2D eigenvalue weighted by molar-refractivity contribution is 7.86. The third-order valence-corrected chi connectivity index (χ3v) is 5.54. The lowest BCUT2D eigenvalue weighted by Crippen LogP contribution is -2.55. The molecule has 0 aromatic heterocycles.